The fourth-order valence-corrected chi connectivity index (χ4v) is 2.11. The van der Waals surface area contributed by atoms with Crippen LogP contribution in [0.25, 0.3) is 0 Å². The van der Waals surface area contributed by atoms with Crippen LogP contribution in [0.15, 0.2) is 42.5 Å². The minimum atomic E-state index is -0.644. The number of nitrogens with zero attached hydrogens (tertiary/aromatic N) is 1. The summed E-state index contributed by atoms with van der Waals surface area (Å²) in [6, 6.07) is 10.7. The fourth-order valence-electron chi connectivity index (χ4n) is 2.11. The molecule has 0 aliphatic heterocycles. The number of ether oxygens (including phenoxy) is 3. The normalized spacial score (nSPS) is 11.5. The summed E-state index contributed by atoms with van der Waals surface area (Å²) >= 11 is 0. The zero-order valence-electron chi connectivity index (χ0n) is 13.5. The molecule has 0 saturated carbocycles. The molecule has 0 heterocycles. The van der Waals surface area contributed by atoms with Crippen LogP contribution in [0, 0.1) is 10.1 Å². The van der Waals surface area contributed by atoms with E-state index in [0.29, 0.717) is 17.1 Å². The molecule has 0 aliphatic carbocycles. The van der Waals surface area contributed by atoms with E-state index in [2.05, 4.69) is 0 Å². The Morgan fingerprint density at radius 2 is 1.71 bits per heavy atom. The summed E-state index contributed by atoms with van der Waals surface area (Å²) in [6.07, 6.45) is -0.644. The number of hydrogen-bond donors (Lipinski definition) is 0. The molecule has 0 radical (unpaired) electrons. The summed E-state index contributed by atoms with van der Waals surface area (Å²) in [7, 11) is 2.96. The summed E-state index contributed by atoms with van der Waals surface area (Å²) < 4.78 is 15.6. The van der Waals surface area contributed by atoms with Crippen molar-refractivity contribution >= 4 is 11.7 Å². The first-order chi connectivity index (χ1) is 11.4. The van der Waals surface area contributed by atoms with Gasteiger partial charge in [-0.25, -0.2) is 4.79 Å². The number of hydrogen-bond acceptors (Lipinski definition) is 6. The minimum Gasteiger partial charge on any atom is -0.497 e. The van der Waals surface area contributed by atoms with Gasteiger partial charge in [0.2, 0.25) is 0 Å². The van der Waals surface area contributed by atoms with E-state index in [1.807, 2.05) is 0 Å². The Kier molecular flexibility index (Phi) is 5.36. The van der Waals surface area contributed by atoms with E-state index in [9.17, 15) is 14.9 Å². The summed E-state index contributed by atoms with van der Waals surface area (Å²) in [6.45, 7) is 1.65. The van der Waals surface area contributed by atoms with Crippen LogP contribution in [0.3, 0.4) is 0 Å². The van der Waals surface area contributed by atoms with Gasteiger partial charge < -0.3 is 14.2 Å². The van der Waals surface area contributed by atoms with Gasteiger partial charge >= 0.3 is 5.97 Å². The maximum absolute atomic E-state index is 12.3. The van der Waals surface area contributed by atoms with E-state index in [-0.39, 0.29) is 11.3 Å². The second kappa shape index (κ2) is 7.45. The van der Waals surface area contributed by atoms with Gasteiger partial charge in [-0.3, -0.25) is 10.1 Å². The van der Waals surface area contributed by atoms with Crippen LogP contribution in [0.2, 0.25) is 0 Å². The standard InChI is InChI=1S/C17H17NO6/c1-11(12-5-4-6-14(7-12)18(20)21)24-17(19)13-8-15(22-2)10-16(9-13)23-3/h4-11H,1-3H3. The van der Waals surface area contributed by atoms with Gasteiger partial charge in [-0.1, -0.05) is 12.1 Å². The Balaban J connectivity index is 2.20. The topological polar surface area (TPSA) is 87.9 Å². The van der Waals surface area contributed by atoms with Crippen LogP contribution < -0.4 is 9.47 Å². The molecule has 0 saturated heterocycles. The molecule has 0 fully saturated rings. The van der Waals surface area contributed by atoms with Gasteiger partial charge in [0.25, 0.3) is 5.69 Å². The number of nitro groups is 1. The van der Waals surface area contributed by atoms with E-state index < -0.39 is 17.0 Å². The zero-order valence-corrected chi connectivity index (χ0v) is 13.5. The first kappa shape index (κ1) is 17.3. The average Bonchev–Trinajstić information content (AvgIpc) is 2.61. The van der Waals surface area contributed by atoms with Crippen molar-refractivity contribution in [2.45, 2.75) is 13.0 Å². The second-order valence-electron chi connectivity index (χ2n) is 5.00. The average molecular weight is 331 g/mol. The Labute approximate surface area is 138 Å². The number of carbonyl (C=O) groups is 1. The lowest BCUT2D eigenvalue weighted by atomic mass is 10.1. The maximum Gasteiger partial charge on any atom is 0.339 e. The van der Waals surface area contributed by atoms with Gasteiger partial charge in [-0.05, 0) is 24.6 Å². The van der Waals surface area contributed by atoms with Crippen molar-refractivity contribution < 1.29 is 23.9 Å². The lowest BCUT2D eigenvalue weighted by Gasteiger charge is -2.14. The summed E-state index contributed by atoms with van der Waals surface area (Å²) in [5.74, 6) is 0.347. The van der Waals surface area contributed by atoms with Crippen molar-refractivity contribution in [2.75, 3.05) is 14.2 Å². The predicted octanol–water partition coefficient (Wildman–Crippen LogP) is 3.53. The number of carbonyl (C=O) groups excluding carboxylic acids is 1. The maximum atomic E-state index is 12.3. The summed E-state index contributed by atoms with van der Waals surface area (Å²) in [5.41, 5.74) is 0.745. The molecule has 2 rings (SSSR count). The summed E-state index contributed by atoms with van der Waals surface area (Å²) in [5, 5.41) is 10.8. The lowest BCUT2D eigenvalue weighted by molar-refractivity contribution is -0.385. The molecule has 0 N–H and O–H groups in total. The van der Waals surface area contributed by atoms with Crippen molar-refractivity contribution in [3.05, 3.63) is 63.7 Å². The van der Waals surface area contributed by atoms with E-state index >= 15 is 0 Å². The highest BCUT2D eigenvalue weighted by atomic mass is 16.6. The number of nitro benzene ring substituents is 1. The van der Waals surface area contributed by atoms with Crippen molar-refractivity contribution in [2.24, 2.45) is 0 Å². The molecule has 0 aliphatic rings. The first-order valence-corrected chi connectivity index (χ1v) is 7.13. The van der Waals surface area contributed by atoms with Gasteiger partial charge in [0.15, 0.2) is 0 Å². The van der Waals surface area contributed by atoms with Crippen LogP contribution in [-0.2, 0) is 4.74 Å². The first-order valence-electron chi connectivity index (χ1n) is 7.13. The summed E-state index contributed by atoms with van der Waals surface area (Å²) in [4.78, 5) is 22.7. The Hall–Kier alpha value is -3.09. The van der Waals surface area contributed by atoms with E-state index in [1.165, 1.54) is 38.5 Å². The molecule has 0 amide bonds. The lowest BCUT2D eigenvalue weighted by Crippen LogP contribution is -2.10. The van der Waals surface area contributed by atoms with Crippen molar-refractivity contribution in [1.82, 2.24) is 0 Å². The highest BCUT2D eigenvalue weighted by Crippen LogP contribution is 2.26. The van der Waals surface area contributed by atoms with Crippen LogP contribution in [0.1, 0.15) is 28.9 Å². The van der Waals surface area contributed by atoms with E-state index in [0.717, 1.165) is 0 Å². The largest absolute Gasteiger partial charge is 0.497 e. The molecule has 1 unspecified atom stereocenters. The highest BCUT2D eigenvalue weighted by Gasteiger charge is 2.17. The predicted molar refractivity (Wildman–Crippen MR) is 86.5 cm³/mol. The molecule has 126 valence electrons. The number of benzene rings is 2. The SMILES string of the molecule is COc1cc(OC)cc(C(=O)OC(C)c2cccc([N+](=O)[O-])c2)c1. The van der Waals surface area contributed by atoms with Crippen molar-refractivity contribution in [1.29, 1.82) is 0 Å². The molecule has 2 aromatic rings. The second-order valence-corrected chi connectivity index (χ2v) is 5.00. The number of non-ortho nitro benzene ring substituents is 1. The van der Waals surface area contributed by atoms with E-state index in [4.69, 9.17) is 14.2 Å². The Bertz CT molecular complexity index is 736. The molecule has 0 spiro atoms. The quantitative estimate of drug-likeness (QED) is 0.457. The highest BCUT2D eigenvalue weighted by molar-refractivity contribution is 5.90. The van der Waals surface area contributed by atoms with Crippen LogP contribution in [0.4, 0.5) is 5.69 Å². The van der Waals surface area contributed by atoms with E-state index in [1.54, 1.807) is 25.1 Å². The molecule has 0 bridgehead atoms. The molecule has 7 nitrogen and oxygen atoms in total. The number of rotatable bonds is 6. The van der Waals surface area contributed by atoms with Crippen LogP contribution in [0.5, 0.6) is 11.5 Å². The van der Waals surface area contributed by atoms with Crippen LogP contribution in [-0.4, -0.2) is 25.1 Å². The monoisotopic (exact) mass is 331 g/mol. The molecule has 24 heavy (non-hydrogen) atoms. The van der Waals surface area contributed by atoms with Crippen LogP contribution >= 0.6 is 0 Å². The molecule has 7 heteroatoms. The van der Waals surface area contributed by atoms with Crippen molar-refractivity contribution in [3.63, 3.8) is 0 Å². The van der Waals surface area contributed by atoms with Gasteiger partial charge in [-0.15, -0.1) is 0 Å². The van der Waals surface area contributed by atoms with Gasteiger partial charge in [0.05, 0.1) is 24.7 Å². The Morgan fingerprint density at radius 3 is 2.25 bits per heavy atom. The van der Waals surface area contributed by atoms with Gasteiger partial charge in [-0.2, -0.15) is 0 Å². The molecular formula is C17H17NO6. The number of esters is 1. The zero-order chi connectivity index (χ0) is 17.7. The minimum absolute atomic E-state index is 0.0570. The number of methoxy groups -OCH3 is 2. The molecule has 0 aromatic heterocycles. The van der Waals surface area contributed by atoms with Crippen molar-refractivity contribution in [3.8, 4) is 11.5 Å². The Morgan fingerprint density at radius 1 is 1.08 bits per heavy atom. The smallest absolute Gasteiger partial charge is 0.339 e. The fraction of sp³-hybridized carbons (Fsp3) is 0.235. The third-order valence-electron chi connectivity index (χ3n) is 3.42. The van der Waals surface area contributed by atoms with Gasteiger partial charge in [0, 0.05) is 18.2 Å². The molecule has 1 atom stereocenters. The molecular weight excluding hydrogens is 314 g/mol. The third-order valence-corrected chi connectivity index (χ3v) is 3.42. The third kappa shape index (κ3) is 4.01. The molecule has 2 aromatic carbocycles. The van der Waals surface area contributed by atoms with Gasteiger partial charge in [0.1, 0.15) is 17.6 Å².